The Labute approximate surface area is 179 Å². The predicted molar refractivity (Wildman–Crippen MR) is 131 cm³/mol. The molecule has 4 heteroatoms. The van der Waals surface area contributed by atoms with Crippen molar-refractivity contribution in [3.63, 3.8) is 0 Å². The topological polar surface area (TPSA) is 104 Å². The first-order valence-electron chi connectivity index (χ1n) is 9.74. The Balaban J connectivity index is 0.000000214. The van der Waals surface area contributed by atoms with E-state index in [1.165, 1.54) is 16.7 Å². The predicted octanol–water partition coefficient (Wildman–Crippen LogP) is 4.84. The number of benzene rings is 3. The van der Waals surface area contributed by atoms with Gasteiger partial charge in [-0.1, -0.05) is 55.1 Å². The van der Waals surface area contributed by atoms with Gasteiger partial charge in [-0.2, -0.15) is 0 Å². The van der Waals surface area contributed by atoms with Crippen LogP contribution in [0, 0.1) is 0 Å². The summed E-state index contributed by atoms with van der Waals surface area (Å²) in [5.41, 5.74) is 29.3. The van der Waals surface area contributed by atoms with E-state index in [1.807, 2.05) is 84.9 Å². The quantitative estimate of drug-likeness (QED) is 0.352. The van der Waals surface area contributed by atoms with Gasteiger partial charge < -0.3 is 22.9 Å². The maximum Gasteiger partial charge on any atom is 0.0314 e. The second-order valence-electron chi connectivity index (χ2n) is 6.91. The van der Waals surface area contributed by atoms with E-state index < -0.39 is 0 Å². The number of hydrogen-bond donors (Lipinski definition) is 4. The molecular formula is C26H30N4. The van der Waals surface area contributed by atoms with Gasteiger partial charge in [-0.3, -0.25) is 0 Å². The second-order valence-corrected chi connectivity index (χ2v) is 6.91. The minimum atomic E-state index is 0.709. The minimum absolute atomic E-state index is 0.709. The molecule has 0 saturated carbocycles. The molecule has 0 bridgehead atoms. The largest absolute Gasteiger partial charge is 0.399 e. The Morgan fingerprint density at radius 3 is 1.47 bits per heavy atom. The van der Waals surface area contributed by atoms with Crippen molar-refractivity contribution in [2.24, 2.45) is 5.73 Å². The summed E-state index contributed by atoms with van der Waals surface area (Å²) in [6.07, 6.45) is 9.09. The number of anilines is 3. The third-order valence-electron chi connectivity index (χ3n) is 4.32. The van der Waals surface area contributed by atoms with Crippen LogP contribution < -0.4 is 22.9 Å². The van der Waals surface area contributed by atoms with Gasteiger partial charge in [-0.15, -0.1) is 0 Å². The minimum Gasteiger partial charge on any atom is -0.399 e. The standard InChI is InChI=1S/C13H14N2.C13H16N2/c14-12-5-1-10(2-6-12)9-11-3-7-13(15)8-4-11;1-2-4-12(14)6-3-5-11-7-9-13(15)10-8-11/h1-8H,9,14-15H2;2-4,6-10H,1,5,14-15H2/b;6-3-,12-4+. The normalized spacial score (nSPS) is 11.0. The molecule has 0 unspecified atom stereocenters. The highest BCUT2D eigenvalue weighted by Crippen LogP contribution is 2.13. The highest BCUT2D eigenvalue weighted by atomic mass is 14.6. The van der Waals surface area contributed by atoms with Crippen LogP contribution in [-0.4, -0.2) is 0 Å². The van der Waals surface area contributed by atoms with Crippen molar-refractivity contribution < 1.29 is 0 Å². The van der Waals surface area contributed by atoms with Crippen LogP contribution >= 0.6 is 0 Å². The van der Waals surface area contributed by atoms with Crippen LogP contribution in [0.5, 0.6) is 0 Å². The Bertz CT molecular complexity index is 924. The summed E-state index contributed by atoms with van der Waals surface area (Å²) in [7, 11) is 0. The molecule has 154 valence electrons. The van der Waals surface area contributed by atoms with Gasteiger partial charge in [0.25, 0.3) is 0 Å². The number of allylic oxidation sites excluding steroid dienone is 4. The van der Waals surface area contributed by atoms with E-state index in [-0.39, 0.29) is 0 Å². The summed E-state index contributed by atoms with van der Waals surface area (Å²) in [6.45, 7) is 3.57. The van der Waals surface area contributed by atoms with Crippen LogP contribution in [0.4, 0.5) is 17.1 Å². The zero-order valence-electron chi connectivity index (χ0n) is 17.2. The maximum atomic E-state index is 5.66. The summed E-state index contributed by atoms with van der Waals surface area (Å²) in [4.78, 5) is 0. The van der Waals surface area contributed by atoms with Crippen LogP contribution in [0.1, 0.15) is 16.7 Å². The fourth-order valence-electron chi connectivity index (χ4n) is 2.68. The summed E-state index contributed by atoms with van der Waals surface area (Å²) in [6, 6.07) is 23.7. The molecule has 3 aromatic carbocycles. The van der Waals surface area contributed by atoms with Gasteiger partial charge in [0, 0.05) is 22.8 Å². The van der Waals surface area contributed by atoms with E-state index in [2.05, 4.69) is 6.58 Å². The molecule has 8 N–H and O–H groups in total. The molecular weight excluding hydrogens is 368 g/mol. The fourth-order valence-corrected chi connectivity index (χ4v) is 2.68. The molecule has 0 saturated heterocycles. The lowest BCUT2D eigenvalue weighted by Gasteiger charge is -2.02. The lowest BCUT2D eigenvalue weighted by molar-refractivity contribution is 1.19. The van der Waals surface area contributed by atoms with E-state index in [9.17, 15) is 0 Å². The molecule has 0 aliphatic carbocycles. The van der Waals surface area contributed by atoms with Gasteiger partial charge in [-0.25, -0.2) is 0 Å². The highest BCUT2D eigenvalue weighted by Gasteiger charge is 1.96. The van der Waals surface area contributed by atoms with Crippen LogP contribution in [0.2, 0.25) is 0 Å². The Kier molecular flexibility index (Phi) is 8.81. The SMILES string of the molecule is C=C/C=C(N)\C=C/Cc1ccc(N)cc1.Nc1ccc(Cc2ccc(N)cc2)cc1. The third kappa shape index (κ3) is 8.40. The molecule has 0 amide bonds. The van der Waals surface area contributed by atoms with E-state index in [0.717, 1.165) is 29.9 Å². The van der Waals surface area contributed by atoms with E-state index in [0.29, 0.717) is 5.70 Å². The van der Waals surface area contributed by atoms with Crippen molar-refractivity contribution in [1.29, 1.82) is 0 Å². The molecule has 4 nitrogen and oxygen atoms in total. The Morgan fingerprint density at radius 1 is 0.667 bits per heavy atom. The van der Waals surface area contributed by atoms with E-state index in [1.54, 1.807) is 12.2 Å². The third-order valence-corrected chi connectivity index (χ3v) is 4.32. The first kappa shape index (κ1) is 22.4. The van der Waals surface area contributed by atoms with Gasteiger partial charge in [0.05, 0.1) is 0 Å². The molecule has 3 rings (SSSR count). The number of hydrogen-bond acceptors (Lipinski definition) is 4. The average molecular weight is 399 g/mol. The van der Waals surface area contributed by atoms with Crippen molar-refractivity contribution in [3.8, 4) is 0 Å². The number of nitrogen functional groups attached to an aromatic ring is 3. The summed E-state index contributed by atoms with van der Waals surface area (Å²) in [5.74, 6) is 0. The summed E-state index contributed by atoms with van der Waals surface area (Å²) >= 11 is 0. The van der Waals surface area contributed by atoms with Crippen molar-refractivity contribution in [2.75, 3.05) is 17.2 Å². The average Bonchev–Trinajstić information content (AvgIpc) is 2.74. The van der Waals surface area contributed by atoms with Gasteiger partial charge >= 0.3 is 0 Å². The highest BCUT2D eigenvalue weighted by molar-refractivity contribution is 5.43. The lowest BCUT2D eigenvalue weighted by atomic mass is 10.0. The van der Waals surface area contributed by atoms with Gasteiger partial charge in [0.2, 0.25) is 0 Å². The second kappa shape index (κ2) is 11.8. The van der Waals surface area contributed by atoms with Gasteiger partial charge in [0.15, 0.2) is 0 Å². The molecule has 0 spiro atoms. The van der Waals surface area contributed by atoms with Crippen LogP contribution in [0.15, 0.2) is 109 Å². The molecule has 30 heavy (non-hydrogen) atoms. The number of nitrogens with two attached hydrogens (primary N) is 4. The van der Waals surface area contributed by atoms with E-state index in [4.69, 9.17) is 22.9 Å². The van der Waals surface area contributed by atoms with E-state index >= 15 is 0 Å². The van der Waals surface area contributed by atoms with Crippen LogP contribution in [-0.2, 0) is 12.8 Å². The van der Waals surface area contributed by atoms with Crippen molar-refractivity contribution in [2.45, 2.75) is 12.8 Å². The molecule has 0 fully saturated rings. The van der Waals surface area contributed by atoms with Crippen molar-refractivity contribution >= 4 is 17.1 Å². The van der Waals surface area contributed by atoms with Crippen LogP contribution in [0.25, 0.3) is 0 Å². The summed E-state index contributed by atoms with van der Waals surface area (Å²) < 4.78 is 0. The van der Waals surface area contributed by atoms with Gasteiger partial charge in [0.1, 0.15) is 0 Å². The molecule has 3 aromatic rings. The molecule has 0 atom stereocenters. The Morgan fingerprint density at radius 2 is 1.07 bits per heavy atom. The molecule has 0 heterocycles. The Hall–Kier alpha value is -3.92. The zero-order chi connectivity index (χ0) is 21.8. The molecule has 0 radical (unpaired) electrons. The first-order chi connectivity index (χ1) is 14.5. The van der Waals surface area contributed by atoms with Crippen molar-refractivity contribution in [1.82, 2.24) is 0 Å². The zero-order valence-corrected chi connectivity index (χ0v) is 17.2. The van der Waals surface area contributed by atoms with Crippen molar-refractivity contribution in [3.05, 3.63) is 126 Å². The first-order valence-corrected chi connectivity index (χ1v) is 9.74. The number of rotatable bonds is 6. The van der Waals surface area contributed by atoms with Gasteiger partial charge in [-0.05, 0) is 78.1 Å². The maximum absolute atomic E-state index is 5.66. The molecule has 0 aliphatic heterocycles. The van der Waals surface area contributed by atoms with Crippen LogP contribution in [0.3, 0.4) is 0 Å². The molecule has 0 aromatic heterocycles. The smallest absolute Gasteiger partial charge is 0.0314 e. The lowest BCUT2D eigenvalue weighted by Crippen LogP contribution is -1.92. The molecule has 0 aliphatic rings. The summed E-state index contributed by atoms with van der Waals surface area (Å²) in [5, 5.41) is 0. The monoisotopic (exact) mass is 398 g/mol. The fraction of sp³-hybridized carbons (Fsp3) is 0.0769.